The van der Waals surface area contributed by atoms with E-state index in [4.69, 9.17) is 11.6 Å². The third kappa shape index (κ3) is 6.04. The van der Waals surface area contributed by atoms with E-state index in [1.165, 1.54) is 7.11 Å². The molecule has 0 fully saturated rings. The highest BCUT2D eigenvalue weighted by Crippen LogP contribution is 2.23. The third-order valence-electron chi connectivity index (χ3n) is 2.57. The van der Waals surface area contributed by atoms with Crippen LogP contribution in [-0.2, 0) is 9.53 Å². The monoisotopic (exact) mass is 312 g/mol. The van der Waals surface area contributed by atoms with E-state index in [9.17, 15) is 9.59 Å². The molecule has 116 valence electrons. The molecule has 21 heavy (non-hydrogen) atoms. The Morgan fingerprint density at radius 1 is 1.29 bits per heavy atom. The van der Waals surface area contributed by atoms with Gasteiger partial charge in [0.25, 0.3) is 0 Å². The lowest BCUT2D eigenvalue weighted by Crippen LogP contribution is -2.41. The van der Waals surface area contributed by atoms with Crippen LogP contribution < -0.4 is 10.6 Å². The van der Waals surface area contributed by atoms with Gasteiger partial charge in [0.15, 0.2) is 0 Å². The fraction of sp³-hybridized carbons (Fsp3) is 0.467. The van der Waals surface area contributed by atoms with Crippen molar-refractivity contribution in [3.63, 3.8) is 0 Å². The number of ether oxygens (including phenoxy) is 1. The lowest BCUT2D eigenvalue weighted by molar-refractivity contribution is -0.122. The molecule has 1 aromatic carbocycles. The summed E-state index contributed by atoms with van der Waals surface area (Å²) in [5, 5.41) is 6.41. The summed E-state index contributed by atoms with van der Waals surface area (Å²) in [4.78, 5) is 23.2. The third-order valence-corrected chi connectivity index (χ3v) is 2.90. The lowest BCUT2D eigenvalue weighted by Gasteiger charge is -2.20. The molecule has 0 radical (unpaired) electrons. The number of nitrogens with one attached hydrogen (secondary N) is 2. The zero-order valence-corrected chi connectivity index (χ0v) is 13.5. The second kappa shape index (κ2) is 7.31. The van der Waals surface area contributed by atoms with Crippen LogP contribution in [-0.4, -0.2) is 31.1 Å². The standard InChI is InChI=1S/C15H21ClN2O3/c1-15(2,3)18-13(19)7-8-17-12-9-10(14(20)21-4)5-6-11(12)16/h5-6,9,17H,7-8H2,1-4H3,(H,18,19). The lowest BCUT2D eigenvalue weighted by atomic mass is 10.1. The smallest absolute Gasteiger partial charge is 0.337 e. The number of benzene rings is 1. The number of carbonyl (C=O) groups excluding carboxylic acids is 2. The highest BCUT2D eigenvalue weighted by molar-refractivity contribution is 6.33. The van der Waals surface area contributed by atoms with Gasteiger partial charge in [-0.1, -0.05) is 11.6 Å². The SMILES string of the molecule is COC(=O)c1ccc(Cl)c(NCCC(=O)NC(C)(C)C)c1. The first-order valence-corrected chi connectivity index (χ1v) is 7.03. The van der Waals surface area contributed by atoms with Crippen LogP contribution in [0, 0.1) is 0 Å². The second-order valence-electron chi connectivity index (χ2n) is 5.66. The van der Waals surface area contributed by atoms with Gasteiger partial charge < -0.3 is 15.4 Å². The summed E-state index contributed by atoms with van der Waals surface area (Å²) in [6, 6.07) is 4.81. The van der Waals surface area contributed by atoms with Crippen molar-refractivity contribution in [2.24, 2.45) is 0 Å². The molecular weight excluding hydrogens is 292 g/mol. The number of methoxy groups -OCH3 is 1. The number of halogens is 1. The van der Waals surface area contributed by atoms with Crippen molar-refractivity contribution in [3.05, 3.63) is 28.8 Å². The van der Waals surface area contributed by atoms with Gasteiger partial charge in [-0.3, -0.25) is 4.79 Å². The van der Waals surface area contributed by atoms with Gasteiger partial charge in [-0.2, -0.15) is 0 Å². The summed E-state index contributed by atoms with van der Waals surface area (Å²) in [5.41, 5.74) is 0.756. The quantitative estimate of drug-likeness (QED) is 0.820. The van der Waals surface area contributed by atoms with Crippen LogP contribution in [0.25, 0.3) is 0 Å². The first-order chi connectivity index (χ1) is 9.73. The van der Waals surface area contributed by atoms with Crippen LogP contribution >= 0.6 is 11.6 Å². The molecule has 1 rings (SSSR count). The van der Waals surface area contributed by atoms with E-state index in [-0.39, 0.29) is 11.4 Å². The molecule has 1 amide bonds. The molecule has 0 aromatic heterocycles. The molecule has 0 aliphatic heterocycles. The Morgan fingerprint density at radius 3 is 2.52 bits per heavy atom. The van der Waals surface area contributed by atoms with Crippen LogP contribution in [0.4, 0.5) is 5.69 Å². The van der Waals surface area contributed by atoms with Gasteiger partial charge >= 0.3 is 5.97 Å². The predicted molar refractivity (Wildman–Crippen MR) is 83.8 cm³/mol. The summed E-state index contributed by atoms with van der Waals surface area (Å²) in [6.45, 7) is 6.20. The first-order valence-electron chi connectivity index (χ1n) is 6.65. The minimum absolute atomic E-state index is 0.0461. The Morgan fingerprint density at radius 2 is 1.95 bits per heavy atom. The van der Waals surface area contributed by atoms with E-state index in [0.29, 0.717) is 29.2 Å². The van der Waals surface area contributed by atoms with Crippen molar-refractivity contribution in [1.82, 2.24) is 5.32 Å². The maximum Gasteiger partial charge on any atom is 0.337 e. The Balaban J connectivity index is 2.59. The van der Waals surface area contributed by atoms with Crippen molar-refractivity contribution < 1.29 is 14.3 Å². The van der Waals surface area contributed by atoms with Crippen molar-refractivity contribution >= 4 is 29.2 Å². The average Bonchev–Trinajstić information content (AvgIpc) is 2.38. The number of carbonyl (C=O) groups is 2. The molecule has 0 saturated carbocycles. The van der Waals surface area contributed by atoms with Gasteiger partial charge in [0, 0.05) is 18.5 Å². The molecule has 5 nitrogen and oxygen atoms in total. The molecule has 0 unspecified atom stereocenters. The van der Waals surface area contributed by atoms with Crippen LogP contribution in [0.3, 0.4) is 0 Å². The van der Waals surface area contributed by atoms with Gasteiger partial charge in [-0.25, -0.2) is 4.79 Å². The van der Waals surface area contributed by atoms with Crippen molar-refractivity contribution in [1.29, 1.82) is 0 Å². The fourth-order valence-electron chi connectivity index (χ4n) is 1.70. The van der Waals surface area contributed by atoms with Gasteiger partial charge in [0.2, 0.25) is 5.91 Å². The molecule has 2 N–H and O–H groups in total. The molecule has 0 saturated heterocycles. The largest absolute Gasteiger partial charge is 0.465 e. The topological polar surface area (TPSA) is 67.4 Å². The van der Waals surface area contributed by atoms with E-state index in [1.54, 1.807) is 18.2 Å². The maximum absolute atomic E-state index is 11.7. The van der Waals surface area contributed by atoms with Gasteiger partial charge in [0.1, 0.15) is 0 Å². The minimum Gasteiger partial charge on any atom is -0.465 e. The van der Waals surface area contributed by atoms with Crippen LogP contribution in [0.1, 0.15) is 37.6 Å². The summed E-state index contributed by atoms with van der Waals surface area (Å²) in [6.07, 6.45) is 0.316. The zero-order valence-electron chi connectivity index (χ0n) is 12.7. The highest BCUT2D eigenvalue weighted by atomic mass is 35.5. The molecule has 1 aromatic rings. The summed E-state index contributed by atoms with van der Waals surface area (Å²) < 4.78 is 4.65. The van der Waals surface area contributed by atoms with E-state index in [1.807, 2.05) is 20.8 Å². The number of hydrogen-bond acceptors (Lipinski definition) is 4. The Hall–Kier alpha value is -1.75. The molecule has 6 heteroatoms. The minimum atomic E-state index is -0.430. The van der Waals surface area contributed by atoms with Gasteiger partial charge in [-0.15, -0.1) is 0 Å². The van der Waals surface area contributed by atoms with E-state index >= 15 is 0 Å². The first kappa shape index (κ1) is 17.3. The molecule has 0 aliphatic carbocycles. The Kier molecular flexibility index (Phi) is 6.03. The molecule has 0 heterocycles. The predicted octanol–water partition coefficient (Wildman–Crippen LogP) is 2.84. The van der Waals surface area contributed by atoms with E-state index in [0.717, 1.165) is 0 Å². The molecular formula is C15H21ClN2O3. The molecule has 0 atom stereocenters. The number of anilines is 1. The highest BCUT2D eigenvalue weighted by Gasteiger charge is 2.13. The van der Waals surface area contributed by atoms with Crippen molar-refractivity contribution in [3.8, 4) is 0 Å². The maximum atomic E-state index is 11.7. The average molecular weight is 313 g/mol. The van der Waals surface area contributed by atoms with Crippen LogP contribution in [0.5, 0.6) is 0 Å². The summed E-state index contributed by atoms with van der Waals surface area (Å²) in [5.74, 6) is -0.476. The second-order valence-corrected chi connectivity index (χ2v) is 6.07. The van der Waals surface area contributed by atoms with Crippen molar-refractivity contribution in [2.75, 3.05) is 19.0 Å². The van der Waals surface area contributed by atoms with Crippen LogP contribution in [0.15, 0.2) is 18.2 Å². The molecule has 0 aliphatic rings. The molecule has 0 bridgehead atoms. The normalized spacial score (nSPS) is 10.9. The van der Waals surface area contributed by atoms with E-state index in [2.05, 4.69) is 15.4 Å². The summed E-state index contributed by atoms with van der Waals surface area (Å²) in [7, 11) is 1.32. The van der Waals surface area contributed by atoms with Gasteiger partial charge in [0.05, 0.1) is 23.4 Å². The molecule has 0 spiro atoms. The van der Waals surface area contributed by atoms with E-state index < -0.39 is 5.97 Å². The number of hydrogen-bond donors (Lipinski definition) is 2. The Bertz CT molecular complexity index is 524. The fourth-order valence-corrected chi connectivity index (χ4v) is 1.88. The number of esters is 1. The van der Waals surface area contributed by atoms with Crippen molar-refractivity contribution in [2.45, 2.75) is 32.7 Å². The Labute approximate surface area is 130 Å². The van der Waals surface area contributed by atoms with Gasteiger partial charge in [-0.05, 0) is 39.0 Å². The number of rotatable bonds is 5. The van der Waals surface area contributed by atoms with Crippen LogP contribution in [0.2, 0.25) is 5.02 Å². The summed E-state index contributed by atoms with van der Waals surface area (Å²) >= 11 is 6.05. The zero-order chi connectivity index (χ0) is 16.0. The number of amides is 1.